The van der Waals surface area contributed by atoms with Crippen molar-refractivity contribution in [2.75, 3.05) is 33.0 Å². The van der Waals surface area contributed by atoms with E-state index in [-0.39, 0.29) is 12.7 Å². The van der Waals surface area contributed by atoms with Gasteiger partial charge < -0.3 is 29.9 Å². The van der Waals surface area contributed by atoms with E-state index < -0.39 is 11.9 Å². The summed E-state index contributed by atoms with van der Waals surface area (Å²) in [5.74, 6) is -2.51. The van der Waals surface area contributed by atoms with E-state index in [1.807, 2.05) is 0 Å². The smallest absolute Gasteiger partial charge is 0.328 e. The first kappa shape index (κ1) is 23.8. The Kier molecular flexibility index (Phi) is 19.2. The highest BCUT2D eigenvalue weighted by Gasteiger charge is 2.03. The molecule has 0 rings (SSSR count). The summed E-state index contributed by atoms with van der Waals surface area (Å²) in [6.45, 7) is 3.86. The largest absolute Gasteiger partial charge is 0.478 e. The van der Waals surface area contributed by atoms with Gasteiger partial charge in [0.1, 0.15) is 0 Å². The van der Waals surface area contributed by atoms with Gasteiger partial charge in [-0.1, -0.05) is 26.2 Å². The van der Waals surface area contributed by atoms with E-state index in [1.165, 1.54) is 6.42 Å². The lowest BCUT2D eigenvalue weighted by molar-refractivity contribution is -0.134. The van der Waals surface area contributed by atoms with Crippen LogP contribution < -0.4 is 0 Å². The molecule has 0 heterocycles. The number of carbonyl (C=O) groups is 2. The number of aliphatic hydroxyl groups excluding tert-OH is 2. The van der Waals surface area contributed by atoms with Gasteiger partial charge in [-0.15, -0.1) is 0 Å². The zero-order chi connectivity index (χ0) is 17.9. The Balaban J connectivity index is 0. The van der Waals surface area contributed by atoms with Gasteiger partial charge in [0, 0.05) is 12.2 Å². The van der Waals surface area contributed by atoms with Gasteiger partial charge in [0.25, 0.3) is 0 Å². The first-order chi connectivity index (χ1) is 10.9. The Hall–Kier alpha value is -1.48. The fourth-order valence-corrected chi connectivity index (χ4v) is 1.36. The number of hydrogen-bond acceptors (Lipinski definition) is 6. The minimum atomic E-state index is -1.26. The zero-order valence-corrected chi connectivity index (χ0v) is 13.5. The summed E-state index contributed by atoms with van der Waals surface area (Å²) >= 11 is 0. The van der Waals surface area contributed by atoms with E-state index in [9.17, 15) is 14.7 Å². The highest BCUT2D eigenvalue weighted by molar-refractivity contribution is 5.89. The van der Waals surface area contributed by atoms with Gasteiger partial charge in [0.15, 0.2) is 0 Å². The SMILES string of the molecule is CCCCCC(O)COCCOCCO.O=C(O)/C=C\C(=O)O. The summed E-state index contributed by atoms with van der Waals surface area (Å²) in [6.07, 6.45) is 4.96. The van der Waals surface area contributed by atoms with E-state index in [0.29, 0.717) is 38.6 Å². The van der Waals surface area contributed by atoms with Crippen molar-refractivity contribution >= 4 is 11.9 Å². The molecule has 0 spiro atoms. The third kappa shape index (κ3) is 25.8. The van der Waals surface area contributed by atoms with E-state index in [2.05, 4.69) is 6.92 Å². The quantitative estimate of drug-likeness (QED) is 0.285. The maximum absolute atomic E-state index is 9.55. The Morgan fingerprint density at radius 2 is 1.57 bits per heavy atom. The summed E-state index contributed by atoms with van der Waals surface area (Å²) in [7, 11) is 0. The second kappa shape index (κ2) is 18.6. The molecule has 0 bridgehead atoms. The van der Waals surface area contributed by atoms with Crippen LogP contribution in [-0.2, 0) is 19.1 Å². The van der Waals surface area contributed by atoms with Crippen LogP contribution in [0.15, 0.2) is 12.2 Å². The summed E-state index contributed by atoms with van der Waals surface area (Å²) in [6, 6.07) is 0. The summed E-state index contributed by atoms with van der Waals surface area (Å²) in [4.78, 5) is 19.1. The molecule has 0 aromatic heterocycles. The number of unbranched alkanes of at least 4 members (excludes halogenated alkanes) is 2. The first-order valence-corrected chi connectivity index (χ1v) is 7.52. The lowest BCUT2D eigenvalue weighted by Crippen LogP contribution is -2.17. The first-order valence-electron chi connectivity index (χ1n) is 7.52. The molecule has 0 aromatic rings. The molecule has 136 valence electrons. The van der Waals surface area contributed by atoms with Crippen molar-refractivity contribution in [2.24, 2.45) is 0 Å². The van der Waals surface area contributed by atoms with Crippen molar-refractivity contribution in [3.8, 4) is 0 Å². The van der Waals surface area contributed by atoms with Crippen LogP contribution in [0.4, 0.5) is 0 Å². The van der Waals surface area contributed by atoms with Crippen molar-refractivity contribution in [1.82, 2.24) is 0 Å². The highest BCUT2D eigenvalue weighted by atomic mass is 16.5. The molecule has 0 aromatic carbocycles. The van der Waals surface area contributed by atoms with E-state index in [1.54, 1.807) is 0 Å². The van der Waals surface area contributed by atoms with Crippen molar-refractivity contribution < 1.29 is 39.5 Å². The third-order valence-electron chi connectivity index (χ3n) is 2.43. The molecule has 0 aliphatic rings. The lowest BCUT2D eigenvalue weighted by atomic mass is 10.1. The monoisotopic (exact) mass is 336 g/mol. The molecule has 8 heteroatoms. The van der Waals surface area contributed by atoms with Gasteiger partial charge in [-0.2, -0.15) is 0 Å². The predicted octanol–water partition coefficient (Wildman–Crippen LogP) is 0.665. The van der Waals surface area contributed by atoms with Gasteiger partial charge in [0.2, 0.25) is 0 Å². The number of hydrogen-bond donors (Lipinski definition) is 4. The summed E-state index contributed by atoms with van der Waals surface area (Å²) in [5, 5.41) is 33.5. The second-order valence-corrected chi connectivity index (χ2v) is 4.57. The van der Waals surface area contributed by atoms with Crippen LogP contribution in [-0.4, -0.2) is 71.5 Å². The molecule has 0 fully saturated rings. The van der Waals surface area contributed by atoms with E-state index in [4.69, 9.17) is 24.8 Å². The number of aliphatic hydroxyl groups is 2. The molecule has 1 atom stereocenters. The van der Waals surface area contributed by atoms with Crippen LogP contribution >= 0.6 is 0 Å². The fourth-order valence-electron chi connectivity index (χ4n) is 1.36. The fraction of sp³-hybridized carbons (Fsp3) is 0.733. The second-order valence-electron chi connectivity index (χ2n) is 4.57. The molecule has 0 aliphatic heterocycles. The van der Waals surface area contributed by atoms with Crippen LogP contribution in [0, 0.1) is 0 Å². The van der Waals surface area contributed by atoms with Crippen LogP contribution in [0.5, 0.6) is 0 Å². The zero-order valence-electron chi connectivity index (χ0n) is 13.5. The maximum atomic E-state index is 9.55. The number of carboxylic acid groups (broad SMARTS) is 2. The number of ether oxygens (including phenoxy) is 2. The van der Waals surface area contributed by atoms with Crippen LogP contribution in [0.1, 0.15) is 32.6 Å². The average molecular weight is 336 g/mol. The Bertz CT molecular complexity index is 301. The third-order valence-corrected chi connectivity index (χ3v) is 2.43. The van der Waals surface area contributed by atoms with E-state index >= 15 is 0 Å². The molecule has 0 saturated heterocycles. The lowest BCUT2D eigenvalue weighted by Gasteiger charge is -2.10. The molecule has 8 nitrogen and oxygen atoms in total. The standard InChI is InChI=1S/C11H24O4.C4H4O4/c1-2-3-4-5-11(13)10-15-9-8-14-7-6-12;5-3(6)1-2-4(7)8/h11-13H,2-10H2,1H3;1-2H,(H,5,6)(H,7,8)/b;2-1-. The Morgan fingerprint density at radius 3 is 2.04 bits per heavy atom. The highest BCUT2D eigenvalue weighted by Crippen LogP contribution is 2.03. The summed E-state index contributed by atoms with van der Waals surface area (Å²) in [5.41, 5.74) is 0. The van der Waals surface area contributed by atoms with Crippen LogP contribution in [0.3, 0.4) is 0 Å². The Morgan fingerprint density at radius 1 is 1.00 bits per heavy atom. The van der Waals surface area contributed by atoms with Crippen molar-refractivity contribution in [3.05, 3.63) is 12.2 Å². The van der Waals surface area contributed by atoms with E-state index in [0.717, 1.165) is 19.3 Å². The maximum Gasteiger partial charge on any atom is 0.328 e. The molecule has 4 N–H and O–H groups in total. The molecular formula is C15H28O8. The molecule has 0 radical (unpaired) electrons. The Labute approximate surface area is 136 Å². The number of rotatable bonds is 13. The molecule has 0 amide bonds. The van der Waals surface area contributed by atoms with Gasteiger partial charge in [-0.25, -0.2) is 9.59 Å². The van der Waals surface area contributed by atoms with Crippen LogP contribution in [0.2, 0.25) is 0 Å². The molecule has 0 aliphatic carbocycles. The van der Waals surface area contributed by atoms with Crippen molar-refractivity contribution in [1.29, 1.82) is 0 Å². The van der Waals surface area contributed by atoms with Gasteiger partial charge >= 0.3 is 11.9 Å². The summed E-state index contributed by atoms with van der Waals surface area (Å²) < 4.78 is 10.2. The number of aliphatic carboxylic acids is 2. The molecular weight excluding hydrogens is 308 g/mol. The topological polar surface area (TPSA) is 134 Å². The van der Waals surface area contributed by atoms with Gasteiger partial charge in [-0.3, -0.25) is 0 Å². The minimum Gasteiger partial charge on any atom is -0.478 e. The molecule has 23 heavy (non-hydrogen) atoms. The van der Waals surface area contributed by atoms with Gasteiger partial charge in [0.05, 0.1) is 39.1 Å². The van der Waals surface area contributed by atoms with Crippen molar-refractivity contribution in [2.45, 2.75) is 38.7 Å². The normalized spacial score (nSPS) is 11.8. The van der Waals surface area contributed by atoms with Crippen LogP contribution in [0.25, 0.3) is 0 Å². The minimum absolute atomic E-state index is 0.0413. The van der Waals surface area contributed by atoms with Crippen molar-refractivity contribution in [3.63, 3.8) is 0 Å². The average Bonchev–Trinajstić information content (AvgIpc) is 2.49. The van der Waals surface area contributed by atoms with Gasteiger partial charge in [-0.05, 0) is 6.42 Å². The molecule has 0 saturated carbocycles. The number of carboxylic acids is 2. The molecule has 1 unspecified atom stereocenters. The predicted molar refractivity (Wildman–Crippen MR) is 83.3 cm³/mol.